The van der Waals surface area contributed by atoms with Crippen molar-refractivity contribution >= 4 is 69.7 Å². The molecule has 0 saturated carbocycles. The summed E-state index contributed by atoms with van der Waals surface area (Å²) >= 11 is 13.1. The van der Waals surface area contributed by atoms with Crippen LogP contribution >= 0.6 is 63.7 Å². The average Bonchev–Trinajstić information content (AvgIpc) is 2.33. The molecule has 104 valence electrons. The van der Waals surface area contributed by atoms with Crippen LogP contribution in [0.25, 0.3) is 0 Å². The van der Waals surface area contributed by atoms with E-state index in [1.165, 1.54) is 6.92 Å². The number of esters is 1. The molecule has 0 fully saturated rings. The maximum atomic E-state index is 10.3. The van der Waals surface area contributed by atoms with Gasteiger partial charge in [-0.1, -0.05) is 63.7 Å². The van der Waals surface area contributed by atoms with E-state index in [1.54, 1.807) is 0 Å². The number of ether oxygens (including phenoxy) is 1. The lowest BCUT2D eigenvalue weighted by Gasteiger charge is -2.08. The Morgan fingerprint density at radius 2 is 1.47 bits per heavy atom. The molecule has 0 radical (unpaired) electrons. The highest BCUT2D eigenvalue weighted by molar-refractivity contribution is 9.10. The summed E-state index contributed by atoms with van der Waals surface area (Å²) in [4.78, 5) is 10.3. The van der Waals surface area contributed by atoms with Gasteiger partial charge in [0.1, 0.15) is 0 Å². The molecule has 0 aliphatic carbocycles. The number of halogens is 4. The van der Waals surface area contributed by atoms with Crippen LogP contribution in [0.15, 0.2) is 0 Å². The third-order valence-corrected chi connectivity index (χ3v) is 5.32. The van der Waals surface area contributed by atoms with Crippen molar-refractivity contribution in [2.45, 2.75) is 6.92 Å². The highest BCUT2D eigenvalue weighted by Crippen LogP contribution is 2.05. The van der Waals surface area contributed by atoms with E-state index in [9.17, 15) is 4.79 Å². The summed E-state index contributed by atoms with van der Waals surface area (Å²) in [5.41, 5.74) is 0. The zero-order valence-electron chi connectivity index (χ0n) is 9.67. The van der Waals surface area contributed by atoms with Crippen molar-refractivity contribution in [2.75, 3.05) is 34.5 Å². The van der Waals surface area contributed by atoms with E-state index >= 15 is 0 Å². The lowest BCUT2D eigenvalue weighted by molar-refractivity contribution is -0.141. The van der Waals surface area contributed by atoms with Crippen molar-refractivity contribution in [2.24, 2.45) is 11.8 Å². The zero-order valence-corrected chi connectivity index (χ0v) is 16.0. The van der Waals surface area contributed by atoms with Crippen LogP contribution < -0.4 is 0 Å². The fraction of sp³-hybridized carbons (Fsp3) is 0.900. The van der Waals surface area contributed by atoms with Gasteiger partial charge in [0.05, 0.1) is 6.61 Å². The van der Waals surface area contributed by atoms with Crippen LogP contribution in [-0.4, -0.2) is 45.6 Å². The molecule has 0 saturated heterocycles. The first-order valence-corrected chi connectivity index (χ1v) is 9.52. The minimum Gasteiger partial charge on any atom is -0.466 e. The van der Waals surface area contributed by atoms with Gasteiger partial charge in [-0.25, -0.2) is 0 Å². The number of hydrogen-bond acceptors (Lipinski definition) is 3. The Morgan fingerprint density at radius 3 is 1.65 bits per heavy atom. The second-order valence-corrected chi connectivity index (χ2v) is 5.92. The molecule has 3 nitrogen and oxygen atoms in total. The van der Waals surface area contributed by atoms with Gasteiger partial charge in [-0.2, -0.15) is 0 Å². The third-order valence-electron chi connectivity index (χ3n) is 1.65. The summed E-state index contributed by atoms with van der Waals surface area (Å²) in [6, 6.07) is 0. The SMILES string of the molecule is CC(=O)OCC(CBr)CBr.OCC(CBr)CBr. The predicted molar refractivity (Wildman–Crippen MR) is 85.9 cm³/mol. The molecule has 0 aromatic carbocycles. The summed E-state index contributed by atoms with van der Waals surface area (Å²) in [5, 5.41) is 11.9. The molecular formula is C10H18Br4O3. The first-order chi connectivity index (χ1) is 8.05. The highest BCUT2D eigenvalue weighted by Gasteiger charge is 2.06. The van der Waals surface area contributed by atoms with E-state index in [-0.39, 0.29) is 12.6 Å². The molecule has 0 spiro atoms. The zero-order chi connectivity index (χ0) is 13.7. The van der Waals surface area contributed by atoms with E-state index < -0.39 is 0 Å². The van der Waals surface area contributed by atoms with Gasteiger partial charge in [0.25, 0.3) is 0 Å². The van der Waals surface area contributed by atoms with Crippen LogP contribution in [0.4, 0.5) is 0 Å². The molecule has 0 aromatic rings. The largest absolute Gasteiger partial charge is 0.466 e. The van der Waals surface area contributed by atoms with Crippen molar-refractivity contribution in [3.8, 4) is 0 Å². The monoisotopic (exact) mass is 502 g/mol. The molecule has 0 aliphatic rings. The van der Waals surface area contributed by atoms with Gasteiger partial charge in [0, 0.05) is 46.7 Å². The molecule has 17 heavy (non-hydrogen) atoms. The molecule has 0 aromatic heterocycles. The molecule has 0 bridgehead atoms. The van der Waals surface area contributed by atoms with Crippen LogP contribution in [-0.2, 0) is 9.53 Å². The van der Waals surface area contributed by atoms with Crippen LogP contribution in [0.3, 0.4) is 0 Å². The molecular weight excluding hydrogens is 488 g/mol. The first kappa shape index (κ1) is 20.7. The number of alkyl halides is 4. The summed E-state index contributed by atoms with van der Waals surface area (Å²) < 4.78 is 4.79. The second kappa shape index (κ2) is 15.4. The highest BCUT2D eigenvalue weighted by atomic mass is 79.9. The normalized spacial score (nSPS) is 10.1. The fourth-order valence-electron chi connectivity index (χ4n) is 0.504. The molecule has 1 N–H and O–H groups in total. The summed E-state index contributed by atoms with van der Waals surface area (Å²) in [6.07, 6.45) is 0. The van der Waals surface area contributed by atoms with Gasteiger partial charge in [0.2, 0.25) is 0 Å². The summed E-state index contributed by atoms with van der Waals surface area (Å²) in [6.45, 7) is 2.17. The number of aliphatic hydroxyl groups is 1. The number of hydrogen-bond donors (Lipinski definition) is 1. The molecule has 0 aliphatic heterocycles. The Balaban J connectivity index is 0. The Labute approximate surface area is 137 Å². The van der Waals surface area contributed by atoms with E-state index in [4.69, 9.17) is 9.84 Å². The van der Waals surface area contributed by atoms with Crippen molar-refractivity contribution in [3.63, 3.8) is 0 Å². The van der Waals surface area contributed by atoms with Gasteiger partial charge >= 0.3 is 5.97 Å². The maximum Gasteiger partial charge on any atom is 0.302 e. The third kappa shape index (κ3) is 15.3. The molecule has 0 atom stereocenters. The van der Waals surface area contributed by atoms with Crippen molar-refractivity contribution in [3.05, 3.63) is 0 Å². The van der Waals surface area contributed by atoms with E-state index in [0.717, 1.165) is 21.3 Å². The smallest absolute Gasteiger partial charge is 0.302 e. The Morgan fingerprint density at radius 1 is 1.06 bits per heavy atom. The summed E-state index contributed by atoms with van der Waals surface area (Å²) in [7, 11) is 0. The summed E-state index contributed by atoms with van der Waals surface area (Å²) in [5.74, 6) is 0.538. The van der Waals surface area contributed by atoms with Crippen LogP contribution in [0.5, 0.6) is 0 Å². The number of carbonyl (C=O) groups excluding carboxylic acids is 1. The predicted octanol–water partition coefficient (Wildman–Crippen LogP) is 3.34. The van der Waals surface area contributed by atoms with Gasteiger partial charge in [-0.15, -0.1) is 0 Å². The lowest BCUT2D eigenvalue weighted by atomic mass is 10.2. The Bertz CT molecular complexity index is 167. The molecule has 0 rings (SSSR count). The van der Waals surface area contributed by atoms with Crippen molar-refractivity contribution in [1.82, 2.24) is 0 Å². The number of carbonyl (C=O) groups is 1. The quantitative estimate of drug-likeness (QED) is 0.426. The fourth-order valence-corrected chi connectivity index (χ4v) is 3.43. The van der Waals surface area contributed by atoms with Crippen LogP contribution in [0.1, 0.15) is 6.92 Å². The average molecular weight is 506 g/mol. The van der Waals surface area contributed by atoms with Gasteiger partial charge in [0.15, 0.2) is 0 Å². The van der Waals surface area contributed by atoms with Gasteiger partial charge in [-0.05, 0) is 0 Å². The van der Waals surface area contributed by atoms with Gasteiger partial charge in [-0.3, -0.25) is 4.79 Å². The number of rotatable bonds is 7. The first-order valence-electron chi connectivity index (χ1n) is 5.03. The van der Waals surface area contributed by atoms with Crippen LogP contribution in [0.2, 0.25) is 0 Å². The Kier molecular flexibility index (Phi) is 18.7. The Hall–Kier alpha value is 1.35. The van der Waals surface area contributed by atoms with Crippen LogP contribution in [0, 0.1) is 11.8 Å². The van der Waals surface area contributed by atoms with E-state index in [2.05, 4.69) is 63.7 Å². The topological polar surface area (TPSA) is 46.5 Å². The standard InChI is InChI=1S/C6H10Br2O2.C4H8Br2O/c1-5(9)10-4-6(2-7)3-8;5-1-4(2-6)3-7/h6H,2-4H2,1H3;4,7H,1-3H2. The number of aliphatic hydroxyl groups excluding tert-OH is 1. The van der Waals surface area contributed by atoms with Gasteiger partial charge < -0.3 is 9.84 Å². The second-order valence-electron chi connectivity index (χ2n) is 3.33. The molecule has 0 amide bonds. The maximum absolute atomic E-state index is 10.3. The van der Waals surface area contributed by atoms with E-state index in [1.807, 2.05) is 0 Å². The molecule has 0 heterocycles. The van der Waals surface area contributed by atoms with Crippen molar-refractivity contribution in [1.29, 1.82) is 0 Å². The van der Waals surface area contributed by atoms with E-state index in [0.29, 0.717) is 18.4 Å². The minimum absolute atomic E-state index is 0.216. The molecule has 0 unspecified atom stereocenters. The lowest BCUT2D eigenvalue weighted by Crippen LogP contribution is -2.14. The molecule has 7 heteroatoms. The minimum atomic E-state index is -0.216. The van der Waals surface area contributed by atoms with Crippen molar-refractivity contribution < 1.29 is 14.6 Å².